The number of carbonyl (C=O) groups excluding carboxylic acids is 1. The van der Waals surface area contributed by atoms with E-state index in [9.17, 15) is 9.18 Å². The van der Waals surface area contributed by atoms with E-state index in [1.165, 1.54) is 12.1 Å². The van der Waals surface area contributed by atoms with Crippen molar-refractivity contribution in [2.24, 2.45) is 0 Å². The fourth-order valence-corrected chi connectivity index (χ4v) is 1.75. The molecule has 0 amide bonds. The summed E-state index contributed by atoms with van der Waals surface area (Å²) in [7, 11) is -1.48. The molecule has 0 aromatic heterocycles. The van der Waals surface area contributed by atoms with E-state index in [0.717, 1.165) is 0 Å². The molecule has 2 nitrogen and oxygen atoms in total. The van der Waals surface area contributed by atoms with Gasteiger partial charge in [-0.15, -0.1) is 5.54 Å². The summed E-state index contributed by atoms with van der Waals surface area (Å²) in [4.78, 5) is 11.4. The van der Waals surface area contributed by atoms with Gasteiger partial charge in [-0.1, -0.05) is 25.6 Å². The molecule has 1 rings (SSSR count). The van der Waals surface area contributed by atoms with Crippen molar-refractivity contribution in [3.05, 3.63) is 35.1 Å². The van der Waals surface area contributed by atoms with Crippen LogP contribution in [0, 0.1) is 17.3 Å². The van der Waals surface area contributed by atoms with Gasteiger partial charge in [-0.25, -0.2) is 9.18 Å². The van der Waals surface area contributed by atoms with Gasteiger partial charge in [0.2, 0.25) is 0 Å². The Labute approximate surface area is 108 Å². The first-order valence-electron chi connectivity index (χ1n) is 5.83. The van der Waals surface area contributed by atoms with Crippen LogP contribution in [0.4, 0.5) is 4.39 Å². The summed E-state index contributed by atoms with van der Waals surface area (Å²) in [5, 5.41) is 0. The summed E-state index contributed by atoms with van der Waals surface area (Å²) in [6.07, 6.45) is 0. The van der Waals surface area contributed by atoms with Crippen LogP contribution in [0.3, 0.4) is 0 Å². The first-order chi connectivity index (χ1) is 8.33. The van der Waals surface area contributed by atoms with Gasteiger partial charge in [0.05, 0.1) is 12.2 Å². The van der Waals surface area contributed by atoms with Crippen LogP contribution >= 0.6 is 0 Å². The van der Waals surface area contributed by atoms with Crippen molar-refractivity contribution in [3.8, 4) is 11.5 Å². The first kappa shape index (κ1) is 14.5. The largest absolute Gasteiger partial charge is 0.462 e. The monoisotopic (exact) mass is 264 g/mol. The molecule has 0 spiro atoms. The predicted molar refractivity (Wildman–Crippen MR) is 72.6 cm³/mol. The topological polar surface area (TPSA) is 26.3 Å². The Morgan fingerprint density at radius 3 is 2.56 bits per heavy atom. The van der Waals surface area contributed by atoms with Crippen molar-refractivity contribution in [2.45, 2.75) is 26.6 Å². The van der Waals surface area contributed by atoms with Crippen LogP contribution in [-0.4, -0.2) is 20.7 Å². The van der Waals surface area contributed by atoms with Crippen LogP contribution in [0.5, 0.6) is 0 Å². The molecule has 1 aromatic carbocycles. The number of hydrogen-bond acceptors (Lipinski definition) is 2. The molecule has 1 aromatic rings. The van der Waals surface area contributed by atoms with E-state index in [1.807, 2.05) is 0 Å². The molecular weight excluding hydrogens is 247 g/mol. The molecule has 0 unspecified atom stereocenters. The Bertz CT molecular complexity index is 507. The second kappa shape index (κ2) is 5.83. The SMILES string of the molecule is CCOC(=O)c1ccc(C#C[Si](C)(C)C)cc1F. The molecule has 0 bridgehead atoms. The van der Waals surface area contributed by atoms with Crippen LogP contribution < -0.4 is 0 Å². The number of rotatable bonds is 2. The lowest BCUT2D eigenvalue weighted by Gasteiger charge is -2.05. The van der Waals surface area contributed by atoms with Crippen molar-refractivity contribution in [1.29, 1.82) is 0 Å². The van der Waals surface area contributed by atoms with Crippen molar-refractivity contribution in [2.75, 3.05) is 6.61 Å². The van der Waals surface area contributed by atoms with Gasteiger partial charge in [0.25, 0.3) is 0 Å². The molecule has 0 aliphatic carbocycles. The quantitative estimate of drug-likeness (QED) is 0.466. The highest BCUT2D eigenvalue weighted by Crippen LogP contribution is 2.11. The molecule has 96 valence electrons. The maximum atomic E-state index is 13.7. The van der Waals surface area contributed by atoms with E-state index < -0.39 is 19.9 Å². The maximum Gasteiger partial charge on any atom is 0.341 e. The van der Waals surface area contributed by atoms with Crippen LogP contribution in [0.2, 0.25) is 19.6 Å². The molecule has 4 heteroatoms. The minimum Gasteiger partial charge on any atom is -0.462 e. The Morgan fingerprint density at radius 2 is 2.06 bits per heavy atom. The third-order valence-corrected chi connectivity index (χ3v) is 2.92. The van der Waals surface area contributed by atoms with Gasteiger partial charge in [-0.05, 0) is 25.1 Å². The molecule has 0 saturated heterocycles. The van der Waals surface area contributed by atoms with E-state index >= 15 is 0 Å². The maximum absolute atomic E-state index is 13.7. The highest BCUT2D eigenvalue weighted by molar-refractivity contribution is 6.83. The van der Waals surface area contributed by atoms with Gasteiger partial charge >= 0.3 is 5.97 Å². The van der Waals surface area contributed by atoms with E-state index in [-0.39, 0.29) is 12.2 Å². The molecule has 0 saturated carbocycles. The van der Waals surface area contributed by atoms with Crippen molar-refractivity contribution < 1.29 is 13.9 Å². The fraction of sp³-hybridized carbons (Fsp3) is 0.357. The summed E-state index contributed by atoms with van der Waals surface area (Å²) >= 11 is 0. The minimum absolute atomic E-state index is 0.0459. The highest BCUT2D eigenvalue weighted by Gasteiger charge is 2.13. The molecule has 0 radical (unpaired) electrons. The average molecular weight is 264 g/mol. The van der Waals surface area contributed by atoms with E-state index in [1.54, 1.807) is 13.0 Å². The summed E-state index contributed by atoms with van der Waals surface area (Å²) in [5.41, 5.74) is 3.69. The standard InChI is InChI=1S/C14H17FO2Si/c1-5-17-14(16)12-7-6-11(10-13(12)15)8-9-18(2,3)4/h6-7,10H,5H2,1-4H3. The van der Waals surface area contributed by atoms with Gasteiger partial charge in [0, 0.05) is 5.56 Å². The van der Waals surface area contributed by atoms with Crippen LogP contribution in [0.25, 0.3) is 0 Å². The Kier molecular flexibility index (Phi) is 4.68. The predicted octanol–water partition coefficient (Wildman–Crippen LogP) is 3.23. The van der Waals surface area contributed by atoms with Crippen LogP contribution in [0.1, 0.15) is 22.8 Å². The number of carbonyl (C=O) groups is 1. The van der Waals surface area contributed by atoms with E-state index in [4.69, 9.17) is 4.74 Å². The molecule has 0 heterocycles. The molecule has 0 N–H and O–H groups in total. The number of benzene rings is 1. The normalized spacial score (nSPS) is 10.5. The number of hydrogen-bond donors (Lipinski definition) is 0. The van der Waals surface area contributed by atoms with Gasteiger partial charge < -0.3 is 4.74 Å². The lowest BCUT2D eigenvalue weighted by Crippen LogP contribution is -2.16. The molecule has 0 aliphatic rings. The fourth-order valence-electron chi connectivity index (χ4n) is 1.23. The second-order valence-electron chi connectivity index (χ2n) is 4.92. The molecule has 18 heavy (non-hydrogen) atoms. The van der Waals surface area contributed by atoms with Gasteiger partial charge in [0.1, 0.15) is 13.9 Å². The van der Waals surface area contributed by atoms with Crippen molar-refractivity contribution >= 4 is 14.0 Å². The Balaban J connectivity index is 2.99. The zero-order chi connectivity index (χ0) is 13.8. The van der Waals surface area contributed by atoms with E-state index in [2.05, 4.69) is 31.1 Å². The van der Waals surface area contributed by atoms with Crippen molar-refractivity contribution in [3.63, 3.8) is 0 Å². The third-order valence-electron chi connectivity index (χ3n) is 2.05. The zero-order valence-corrected chi connectivity index (χ0v) is 12.1. The average Bonchev–Trinajstić information content (AvgIpc) is 2.25. The van der Waals surface area contributed by atoms with Crippen LogP contribution in [0.15, 0.2) is 18.2 Å². The van der Waals surface area contributed by atoms with E-state index in [0.29, 0.717) is 5.56 Å². The lowest BCUT2D eigenvalue weighted by molar-refractivity contribution is 0.0521. The summed E-state index contributed by atoms with van der Waals surface area (Å²) in [6.45, 7) is 8.26. The zero-order valence-electron chi connectivity index (χ0n) is 11.1. The number of ether oxygens (including phenoxy) is 1. The molecule has 0 atom stereocenters. The lowest BCUT2D eigenvalue weighted by atomic mass is 10.1. The summed E-state index contributed by atoms with van der Waals surface area (Å²) < 4.78 is 18.4. The number of esters is 1. The molecule has 0 fully saturated rings. The molecular formula is C14H17FO2Si. The Morgan fingerprint density at radius 1 is 1.39 bits per heavy atom. The van der Waals surface area contributed by atoms with Gasteiger partial charge in [-0.3, -0.25) is 0 Å². The van der Waals surface area contributed by atoms with Crippen LogP contribution in [-0.2, 0) is 4.74 Å². The van der Waals surface area contributed by atoms with Gasteiger partial charge in [-0.2, -0.15) is 0 Å². The summed E-state index contributed by atoms with van der Waals surface area (Å²) in [6, 6.07) is 4.34. The smallest absolute Gasteiger partial charge is 0.341 e. The first-order valence-corrected chi connectivity index (χ1v) is 9.33. The van der Waals surface area contributed by atoms with Gasteiger partial charge in [0.15, 0.2) is 0 Å². The minimum atomic E-state index is -1.48. The Hall–Kier alpha value is -1.60. The molecule has 0 aliphatic heterocycles. The van der Waals surface area contributed by atoms with Crippen molar-refractivity contribution in [1.82, 2.24) is 0 Å². The third kappa shape index (κ3) is 4.34. The second-order valence-corrected chi connectivity index (χ2v) is 9.67. The number of halogens is 1. The highest BCUT2D eigenvalue weighted by atomic mass is 28.3. The summed E-state index contributed by atoms with van der Waals surface area (Å²) in [5.74, 6) is 1.72.